The third-order valence-electron chi connectivity index (χ3n) is 3.09. The molecule has 0 saturated carbocycles. The second-order valence-electron chi connectivity index (χ2n) is 4.91. The molecule has 0 aliphatic carbocycles. The third kappa shape index (κ3) is 3.94. The number of rotatable bonds is 2. The van der Waals surface area contributed by atoms with Gasteiger partial charge in [-0.1, -0.05) is 34.1 Å². The van der Waals surface area contributed by atoms with Crippen molar-refractivity contribution in [1.82, 2.24) is 10.2 Å². The first-order chi connectivity index (χ1) is 9.06. The Morgan fingerprint density at radius 1 is 1.37 bits per heavy atom. The fourth-order valence-corrected chi connectivity index (χ4v) is 2.69. The number of carbonyl (C=O) groups is 1. The SMILES string of the molecule is CC1CN(C(=O)NCc2ccccc2Br)CC(C)O1. The van der Waals surface area contributed by atoms with Crippen LogP contribution in [0.5, 0.6) is 0 Å². The van der Waals surface area contributed by atoms with Crippen molar-refractivity contribution in [3.8, 4) is 0 Å². The van der Waals surface area contributed by atoms with Crippen LogP contribution in [0.4, 0.5) is 4.79 Å². The number of carbonyl (C=O) groups excluding carboxylic acids is 1. The monoisotopic (exact) mass is 326 g/mol. The van der Waals surface area contributed by atoms with Crippen LogP contribution in [0.15, 0.2) is 28.7 Å². The highest BCUT2D eigenvalue weighted by Gasteiger charge is 2.25. The van der Waals surface area contributed by atoms with Crippen molar-refractivity contribution < 1.29 is 9.53 Å². The number of urea groups is 1. The van der Waals surface area contributed by atoms with Gasteiger partial charge in [-0.15, -0.1) is 0 Å². The predicted molar refractivity (Wildman–Crippen MR) is 78.0 cm³/mol. The minimum Gasteiger partial charge on any atom is -0.372 e. The molecule has 1 aliphatic rings. The molecular weight excluding hydrogens is 308 g/mol. The van der Waals surface area contributed by atoms with Gasteiger partial charge in [0.1, 0.15) is 0 Å². The van der Waals surface area contributed by atoms with Crippen LogP contribution in [-0.2, 0) is 11.3 Å². The van der Waals surface area contributed by atoms with Gasteiger partial charge in [-0.05, 0) is 25.5 Å². The Labute approximate surface area is 122 Å². The molecule has 2 rings (SSSR count). The van der Waals surface area contributed by atoms with Gasteiger partial charge in [-0.25, -0.2) is 4.79 Å². The quantitative estimate of drug-likeness (QED) is 0.907. The van der Waals surface area contributed by atoms with Gasteiger partial charge in [0.15, 0.2) is 0 Å². The molecular formula is C14H19BrN2O2. The lowest BCUT2D eigenvalue weighted by Crippen LogP contribution is -2.51. The number of nitrogens with zero attached hydrogens (tertiary/aromatic N) is 1. The summed E-state index contributed by atoms with van der Waals surface area (Å²) in [5.74, 6) is 0. The molecule has 1 aromatic carbocycles. The van der Waals surface area contributed by atoms with E-state index in [9.17, 15) is 4.79 Å². The molecule has 5 heteroatoms. The predicted octanol–water partition coefficient (Wildman–Crippen LogP) is 2.77. The van der Waals surface area contributed by atoms with Gasteiger partial charge in [0.05, 0.1) is 12.2 Å². The molecule has 4 nitrogen and oxygen atoms in total. The van der Waals surface area contributed by atoms with Gasteiger partial charge in [0.2, 0.25) is 0 Å². The van der Waals surface area contributed by atoms with Gasteiger partial charge in [-0.2, -0.15) is 0 Å². The molecule has 19 heavy (non-hydrogen) atoms. The van der Waals surface area contributed by atoms with Crippen molar-refractivity contribution in [3.63, 3.8) is 0 Å². The van der Waals surface area contributed by atoms with Crippen LogP contribution < -0.4 is 5.32 Å². The van der Waals surface area contributed by atoms with E-state index >= 15 is 0 Å². The second-order valence-corrected chi connectivity index (χ2v) is 5.77. The lowest BCUT2D eigenvalue weighted by atomic mass is 10.2. The van der Waals surface area contributed by atoms with Crippen molar-refractivity contribution in [1.29, 1.82) is 0 Å². The Bertz CT molecular complexity index is 443. The second kappa shape index (κ2) is 6.39. The number of nitrogens with one attached hydrogen (secondary N) is 1. The zero-order valence-corrected chi connectivity index (χ0v) is 12.8. The van der Waals surface area contributed by atoms with Gasteiger partial charge in [0, 0.05) is 24.1 Å². The summed E-state index contributed by atoms with van der Waals surface area (Å²) >= 11 is 3.48. The first-order valence-corrected chi connectivity index (χ1v) is 7.27. The van der Waals surface area contributed by atoms with Crippen molar-refractivity contribution >= 4 is 22.0 Å². The Morgan fingerprint density at radius 3 is 2.63 bits per heavy atom. The number of amides is 2. The summed E-state index contributed by atoms with van der Waals surface area (Å²) in [6, 6.07) is 7.86. The van der Waals surface area contributed by atoms with Gasteiger partial charge >= 0.3 is 6.03 Å². The third-order valence-corrected chi connectivity index (χ3v) is 3.87. The van der Waals surface area contributed by atoms with Crippen LogP contribution in [-0.4, -0.2) is 36.2 Å². The number of benzene rings is 1. The summed E-state index contributed by atoms with van der Waals surface area (Å²) < 4.78 is 6.63. The molecule has 1 saturated heterocycles. The maximum Gasteiger partial charge on any atom is 0.317 e. The molecule has 0 aromatic heterocycles. The van der Waals surface area contributed by atoms with E-state index in [2.05, 4.69) is 21.2 Å². The lowest BCUT2D eigenvalue weighted by Gasteiger charge is -2.35. The van der Waals surface area contributed by atoms with Crippen LogP contribution in [0.1, 0.15) is 19.4 Å². The highest BCUT2D eigenvalue weighted by molar-refractivity contribution is 9.10. The molecule has 2 amide bonds. The van der Waals surface area contributed by atoms with Crippen molar-refractivity contribution in [2.24, 2.45) is 0 Å². The number of morpholine rings is 1. The zero-order valence-electron chi connectivity index (χ0n) is 11.2. The first-order valence-electron chi connectivity index (χ1n) is 6.48. The average molecular weight is 327 g/mol. The Morgan fingerprint density at radius 2 is 2.00 bits per heavy atom. The number of hydrogen-bond donors (Lipinski definition) is 1. The Kier molecular flexibility index (Phi) is 4.82. The molecule has 1 aliphatic heterocycles. The van der Waals surface area contributed by atoms with E-state index in [4.69, 9.17) is 4.74 Å². The van der Waals surface area contributed by atoms with Gasteiger partial charge in [-0.3, -0.25) is 0 Å². The molecule has 0 bridgehead atoms. The van der Waals surface area contributed by atoms with E-state index in [1.807, 2.05) is 43.0 Å². The summed E-state index contributed by atoms with van der Waals surface area (Å²) in [5.41, 5.74) is 1.07. The fourth-order valence-electron chi connectivity index (χ4n) is 2.27. The lowest BCUT2D eigenvalue weighted by molar-refractivity contribution is -0.0545. The molecule has 1 fully saturated rings. The Hall–Kier alpha value is -1.07. The van der Waals surface area contributed by atoms with Crippen LogP contribution >= 0.6 is 15.9 Å². The highest BCUT2D eigenvalue weighted by atomic mass is 79.9. The van der Waals surface area contributed by atoms with Crippen LogP contribution in [0.25, 0.3) is 0 Å². The standard InChI is InChI=1S/C14H19BrN2O2/c1-10-8-17(9-11(2)19-10)14(18)16-7-12-5-3-4-6-13(12)15/h3-6,10-11H,7-9H2,1-2H3,(H,16,18). The van der Waals surface area contributed by atoms with E-state index in [1.165, 1.54) is 0 Å². The van der Waals surface area contributed by atoms with Crippen molar-refractivity contribution in [2.75, 3.05) is 13.1 Å². The normalized spacial score (nSPS) is 23.2. The summed E-state index contributed by atoms with van der Waals surface area (Å²) in [4.78, 5) is 13.9. The van der Waals surface area contributed by atoms with E-state index in [0.717, 1.165) is 10.0 Å². The molecule has 2 unspecified atom stereocenters. The first kappa shape index (κ1) is 14.3. The number of ether oxygens (including phenoxy) is 1. The van der Waals surface area contributed by atoms with E-state index in [1.54, 1.807) is 0 Å². The smallest absolute Gasteiger partial charge is 0.317 e. The number of hydrogen-bond acceptors (Lipinski definition) is 2. The maximum atomic E-state index is 12.1. The van der Waals surface area contributed by atoms with Crippen LogP contribution in [0.2, 0.25) is 0 Å². The number of halogens is 1. The summed E-state index contributed by atoms with van der Waals surface area (Å²) in [7, 11) is 0. The molecule has 2 atom stereocenters. The van der Waals surface area contributed by atoms with Crippen LogP contribution in [0.3, 0.4) is 0 Å². The molecule has 0 radical (unpaired) electrons. The summed E-state index contributed by atoms with van der Waals surface area (Å²) in [5, 5.41) is 2.95. The Balaban J connectivity index is 1.89. The van der Waals surface area contributed by atoms with Gasteiger partial charge < -0.3 is 15.0 Å². The average Bonchev–Trinajstić information content (AvgIpc) is 2.36. The van der Waals surface area contributed by atoms with E-state index < -0.39 is 0 Å². The topological polar surface area (TPSA) is 41.6 Å². The minimum atomic E-state index is -0.0299. The molecule has 104 valence electrons. The van der Waals surface area contributed by atoms with Crippen LogP contribution in [0, 0.1) is 0 Å². The summed E-state index contributed by atoms with van der Waals surface area (Å²) in [6.45, 7) is 5.80. The minimum absolute atomic E-state index is 0.0299. The van der Waals surface area contributed by atoms with Crippen molar-refractivity contribution in [2.45, 2.75) is 32.6 Å². The van der Waals surface area contributed by atoms with E-state index in [0.29, 0.717) is 19.6 Å². The fraction of sp³-hybridized carbons (Fsp3) is 0.500. The van der Waals surface area contributed by atoms with E-state index in [-0.39, 0.29) is 18.2 Å². The molecule has 1 aromatic rings. The largest absolute Gasteiger partial charge is 0.372 e. The van der Waals surface area contributed by atoms with Gasteiger partial charge in [0.25, 0.3) is 0 Å². The molecule has 0 spiro atoms. The van der Waals surface area contributed by atoms with Crippen molar-refractivity contribution in [3.05, 3.63) is 34.3 Å². The molecule has 1 heterocycles. The summed E-state index contributed by atoms with van der Waals surface area (Å²) in [6.07, 6.45) is 0.191. The highest BCUT2D eigenvalue weighted by Crippen LogP contribution is 2.16. The maximum absolute atomic E-state index is 12.1. The molecule has 1 N–H and O–H groups in total. The zero-order chi connectivity index (χ0) is 13.8.